The van der Waals surface area contributed by atoms with E-state index in [1.54, 1.807) is 67.0 Å². The van der Waals surface area contributed by atoms with Gasteiger partial charge in [0.2, 0.25) is 0 Å². The van der Waals surface area contributed by atoms with Gasteiger partial charge in [-0.05, 0) is 24.3 Å². The summed E-state index contributed by atoms with van der Waals surface area (Å²) in [7, 11) is -5.52. The van der Waals surface area contributed by atoms with Crippen molar-refractivity contribution < 1.29 is 69.1 Å². The number of rotatable bonds is 4. The van der Waals surface area contributed by atoms with E-state index >= 15 is 0 Å². The SMILES string of the molecule is [O-]B([O-])c1ccccc1.[O-]B([O-])c1ccccc1.[O-]B([O-])c1ccccc1.[Ru+3].[Ru+3].c1ccc(-c2ccccn2)nc1. The smallest absolute Gasteiger partial charge is 0.889 e. The van der Waals surface area contributed by atoms with E-state index in [9.17, 15) is 30.1 Å². The zero-order chi connectivity index (χ0) is 28.3. The Morgan fingerprint density at radius 2 is 0.585 bits per heavy atom. The second-order valence-electron chi connectivity index (χ2n) is 7.66. The first kappa shape index (κ1) is 38.2. The maximum atomic E-state index is 10.2. The molecule has 0 aliphatic rings. The van der Waals surface area contributed by atoms with E-state index in [4.69, 9.17) is 0 Å². The van der Waals surface area contributed by atoms with Gasteiger partial charge in [-0.25, -0.2) is 0 Å². The Morgan fingerprint density at radius 1 is 0.341 bits per heavy atom. The molecule has 0 spiro atoms. The molecule has 13 heteroatoms. The van der Waals surface area contributed by atoms with E-state index < -0.39 is 21.4 Å². The Bertz CT molecular complexity index is 1140. The van der Waals surface area contributed by atoms with E-state index in [0.717, 1.165) is 11.4 Å². The van der Waals surface area contributed by atoms with E-state index in [0.29, 0.717) is 16.4 Å². The van der Waals surface area contributed by atoms with Crippen LogP contribution in [0.1, 0.15) is 0 Å². The summed E-state index contributed by atoms with van der Waals surface area (Å²) in [5.74, 6) is 0. The van der Waals surface area contributed by atoms with Crippen molar-refractivity contribution in [3.8, 4) is 11.4 Å². The van der Waals surface area contributed by atoms with Gasteiger partial charge in [0.15, 0.2) is 0 Å². The fraction of sp³-hybridized carbons (Fsp3) is 0. The van der Waals surface area contributed by atoms with Crippen LogP contribution in [0.3, 0.4) is 0 Å². The molecule has 0 aliphatic heterocycles. The molecule has 0 amide bonds. The standard InChI is InChI=1S/C10H8N2.3C6H5BO2.2Ru/c1-3-7-11-9(5-1)10-6-2-4-8-12-10;3*8-7(9)6-4-2-1-3-5-6;;/h1-8H;3*1-5H;;/q;3*-2;2*+3. The first-order chi connectivity index (χ1) is 18.9. The summed E-state index contributed by atoms with van der Waals surface area (Å²) in [4.78, 5) is 8.37. The quantitative estimate of drug-likeness (QED) is 0.173. The zero-order valence-corrected chi connectivity index (χ0v) is 25.0. The number of nitrogens with zero attached hydrogens (tertiary/aromatic N) is 2. The van der Waals surface area contributed by atoms with Crippen LogP contribution in [0, 0.1) is 0 Å². The molecule has 0 bridgehead atoms. The van der Waals surface area contributed by atoms with Crippen molar-refractivity contribution in [2.45, 2.75) is 0 Å². The second-order valence-corrected chi connectivity index (χ2v) is 7.66. The molecular weight excluding hydrogens is 695 g/mol. The normalized spacial score (nSPS) is 8.83. The fourth-order valence-corrected chi connectivity index (χ4v) is 2.86. The van der Waals surface area contributed by atoms with Crippen LogP contribution >= 0.6 is 0 Å². The Kier molecular flexibility index (Phi) is 21.2. The van der Waals surface area contributed by atoms with Crippen molar-refractivity contribution in [1.29, 1.82) is 0 Å². The minimum absolute atomic E-state index is 0. The van der Waals surface area contributed by atoms with Gasteiger partial charge in [0.1, 0.15) is 0 Å². The zero-order valence-electron chi connectivity index (χ0n) is 21.6. The van der Waals surface area contributed by atoms with Gasteiger partial charge in [-0.15, -0.1) is 16.4 Å². The molecule has 5 rings (SSSR count). The van der Waals surface area contributed by atoms with Crippen LogP contribution in [0.15, 0.2) is 140 Å². The molecule has 0 fully saturated rings. The summed E-state index contributed by atoms with van der Waals surface area (Å²) in [5, 5.41) is 61.0. The largest absolute Gasteiger partial charge is 3.00 e. The fourth-order valence-electron chi connectivity index (χ4n) is 2.86. The van der Waals surface area contributed by atoms with Crippen LogP contribution in [-0.4, -0.2) is 31.3 Å². The predicted molar refractivity (Wildman–Crippen MR) is 143 cm³/mol. The molecule has 0 saturated heterocycles. The van der Waals surface area contributed by atoms with Crippen LogP contribution < -0.4 is 46.5 Å². The topological polar surface area (TPSA) is 164 Å². The molecule has 41 heavy (non-hydrogen) atoms. The van der Waals surface area contributed by atoms with Crippen LogP contribution in [0.4, 0.5) is 0 Å². The third kappa shape index (κ3) is 16.3. The van der Waals surface area contributed by atoms with Crippen molar-refractivity contribution in [3.05, 3.63) is 140 Å². The molecule has 0 aliphatic carbocycles. The number of hydrogen-bond acceptors (Lipinski definition) is 8. The third-order valence-corrected chi connectivity index (χ3v) is 4.81. The summed E-state index contributed by atoms with van der Waals surface area (Å²) >= 11 is 0. The average molecular weight is 718 g/mol. The molecule has 2 aromatic heterocycles. The van der Waals surface area contributed by atoms with E-state index in [-0.39, 0.29) is 39.0 Å². The van der Waals surface area contributed by atoms with Crippen molar-refractivity contribution in [2.75, 3.05) is 0 Å². The molecule has 5 aromatic rings. The number of pyridine rings is 2. The van der Waals surface area contributed by atoms with Crippen LogP contribution in [0.2, 0.25) is 0 Å². The van der Waals surface area contributed by atoms with Gasteiger partial charge in [0, 0.05) is 12.4 Å². The van der Waals surface area contributed by atoms with Crippen molar-refractivity contribution in [2.24, 2.45) is 0 Å². The van der Waals surface area contributed by atoms with Crippen LogP contribution in [0.5, 0.6) is 0 Å². The molecule has 206 valence electrons. The van der Waals surface area contributed by atoms with Crippen LogP contribution in [0.25, 0.3) is 11.4 Å². The summed E-state index contributed by atoms with van der Waals surface area (Å²) in [6.45, 7) is 0. The first-order valence-electron chi connectivity index (χ1n) is 11.8. The molecule has 0 saturated carbocycles. The Hall–Kier alpha value is -2.84. The monoisotopic (exact) mass is 720 g/mol. The van der Waals surface area contributed by atoms with Crippen LogP contribution in [-0.2, 0) is 39.0 Å². The summed E-state index contributed by atoms with van der Waals surface area (Å²) in [6, 6.07) is 36.2. The third-order valence-electron chi connectivity index (χ3n) is 4.81. The summed E-state index contributed by atoms with van der Waals surface area (Å²) in [5.41, 5.74) is 2.74. The molecule has 2 heterocycles. The molecular formula is C28H23B3N2O6Ru2. The Labute approximate surface area is 266 Å². The van der Waals surface area contributed by atoms with Gasteiger partial charge < -0.3 is 30.1 Å². The van der Waals surface area contributed by atoms with E-state index in [2.05, 4.69) is 9.97 Å². The first-order valence-corrected chi connectivity index (χ1v) is 11.8. The predicted octanol–water partition coefficient (Wildman–Crippen LogP) is -3.55. The van der Waals surface area contributed by atoms with Gasteiger partial charge in [-0.3, -0.25) is 9.97 Å². The minimum Gasteiger partial charge on any atom is -0.889 e. The summed E-state index contributed by atoms with van der Waals surface area (Å²) in [6.07, 6.45) is 3.54. The van der Waals surface area contributed by atoms with Gasteiger partial charge >= 0.3 is 39.0 Å². The molecule has 2 radical (unpaired) electrons. The number of hydrogen-bond donors (Lipinski definition) is 0. The van der Waals surface area contributed by atoms with Crippen molar-refractivity contribution >= 4 is 37.7 Å². The maximum absolute atomic E-state index is 10.2. The molecule has 0 unspecified atom stereocenters. The van der Waals surface area contributed by atoms with E-state index in [1.807, 2.05) is 36.4 Å². The number of aromatic nitrogens is 2. The Morgan fingerprint density at radius 3 is 0.756 bits per heavy atom. The molecule has 8 nitrogen and oxygen atoms in total. The van der Waals surface area contributed by atoms with Gasteiger partial charge in [-0.2, -0.15) is 0 Å². The van der Waals surface area contributed by atoms with Crippen molar-refractivity contribution in [1.82, 2.24) is 9.97 Å². The maximum Gasteiger partial charge on any atom is 3.00 e. The van der Waals surface area contributed by atoms with Gasteiger partial charge in [0.25, 0.3) is 0 Å². The minimum atomic E-state index is -1.84. The van der Waals surface area contributed by atoms with Gasteiger partial charge in [0.05, 0.1) is 11.4 Å². The van der Waals surface area contributed by atoms with Gasteiger partial charge in [-0.1, -0.05) is 124 Å². The summed E-state index contributed by atoms with van der Waals surface area (Å²) < 4.78 is 0. The Balaban J connectivity index is 0.000000517. The van der Waals surface area contributed by atoms with Crippen molar-refractivity contribution in [3.63, 3.8) is 0 Å². The average Bonchev–Trinajstić information content (AvgIpc) is 3.00. The second kappa shape index (κ2) is 22.8. The van der Waals surface area contributed by atoms with E-state index in [1.165, 1.54) is 36.4 Å². The molecule has 3 aromatic carbocycles. The molecule has 0 atom stereocenters. The molecule has 0 N–H and O–H groups in total. The number of benzene rings is 3.